The Labute approximate surface area is 133 Å². The summed E-state index contributed by atoms with van der Waals surface area (Å²) in [7, 11) is 2.02. The molecule has 1 aromatic carbocycles. The van der Waals surface area contributed by atoms with Crippen molar-refractivity contribution in [2.75, 3.05) is 13.6 Å². The molecule has 20 heavy (non-hydrogen) atoms. The lowest BCUT2D eigenvalue weighted by atomic mass is 9.96. The summed E-state index contributed by atoms with van der Waals surface area (Å²) in [6.45, 7) is 5.26. The van der Waals surface area contributed by atoms with Crippen LogP contribution in [0.2, 0.25) is 0 Å². The van der Waals surface area contributed by atoms with Crippen molar-refractivity contribution >= 4 is 27.3 Å². The molecule has 1 unspecified atom stereocenters. The third kappa shape index (κ3) is 4.40. The quantitative estimate of drug-likeness (QED) is 0.844. The molecule has 4 heteroatoms. The van der Waals surface area contributed by atoms with Gasteiger partial charge in [-0.2, -0.15) is 0 Å². The Bertz CT molecular complexity index is 546. The molecule has 0 amide bonds. The first-order valence-electron chi connectivity index (χ1n) is 6.90. The summed E-state index contributed by atoms with van der Waals surface area (Å²) in [5, 5.41) is 4.57. The number of rotatable bonds is 6. The molecule has 0 saturated heterocycles. The fraction of sp³-hybridized carbons (Fsp3) is 0.438. The molecule has 0 bridgehead atoms. The van der Waals surface area contributed by atoms with Crippen molar-refractivity contribution in [2.45, 2.75) is 26.7 Å². The smallest absolute Gasteiger partial charge is 0.0934 e. The second-order valence-corrected chi connectivity index (χ2v) is 7.41. The zero-order valence-corrected chi connectivity index (χ0v) is 14.6. The molecule has 2 aromatic rings. The number of nitrogens with zero attached hydrogens (tertiary/aromatic N) is 1. The topological polar surface area (TPSA) is 24.9 Å². The zero-order chi connectivity index (χ0) is 14.5. The Hall–Kier alpha value is -0.710. The number of nitrogens with one attached hydrogen (secondary N) is 1. The van der Waals surface area contributed by atoms with Gasteiger partial charge in [0.2, 0.25) is 0 Å². The van der Waals surface area contributed by atoms with Crippen LogP contribution in [0.4, 0.5) is 0 Å². The summed E-state index contributed by atoms with van der Waals surface area (Å²) < 4.78 is 1.15. The van der Waals surface area contributed by atoms with E-state index in [1.807, 2.05) is 18.4 Å². The molecule has 2 nitrogen and oxygen atoms in total. The van der Waals surface area contributed by atoms with Gasteiger partial charge >= 0.3 is 0 Å². The van der Waals surface area contributed by atoms with Crippen molar-refractivity contribution in [1.29, 1.82) is 0 Å². The minimum Gasteiger partial charge on any atom is -0.319 e. The van der Waals surface area contributed by atoms with Crippen LogP contribution in [0.1, 0.15) is 21.1 Å². The highest BCUT2D eigenvalue weighted by Gasteiger charge is 2.13. The van der Waals surface area contributed by atoms with Crippen molar-refractivity contribution < 1.29 is 0 Å². The first kappa shape index (κ1) is 15.7. The van der Waals surface area contributed by atoms with Crippen molar-refractivity contribution in [3.63, 3.8) is 0 Å². The largest absolute Gasteiger partial charge is 0.319 e. The molecule has 0 aliphatic carbocycles. The third-order valence-electron chi connectivity index (χ3n) is 3.44. The number of halogens is 1. The van der Waals surface area contributed by atoms with E-state index in [1.165, 1.54) is 21.1 Å². The standard InChI is InChI=1S/C16H21BrN2S/c1-11-12(2)20-16(19-11)9-14(10-18-3)7-13-5-4-6-15(17)8-13/h4-6,8,14,18H,7,9-10H2,1-3H3. The van der Waals surface area contributed by atoms with Gasteiger partial charge in [-0.05, 0) is 57.5 Å². The second kappa shape index (κ2) is 7.34. The highest BCUT2D eigenvalue weighted by Crippen LogP contribution is 2.22. The van der Waals surface area contributed by atoms with Crippen LogP contribution in [-0.2, 0) is 12.8 Å². The monoisotopic (exact) mass is 352 g/mol. The summed E-state index contributed by atoms with van der Waals surface area (Å²) in [5.41, 5.74) is 2.56. The lowest BCUT2D eigenvalue weighted by Crippen LogP contribution is -2.22. The van der Waals surface area contributed by atoms with Crippen molar-refractivity contribution in [3.8, 4) is 0 Å². The van der Waals surface area contributed by atoms with Crippen LogP contribution < -0.4 is 5.32 Å². The first-order valence-corrected chi connectivity index (χ1v) is 8.51. The van der Waals surface area contributed by atoms with Crippen LogP contribution in [0, 0.1) is 19.8 Å². The Balaban J connectivity index is 2.06. The number of aryl methyl sites for hydroxylation is 2. The molecule has 0 spiro atoms. The van der Waals surface area contributed by atoms with E-state index in [0.29, 0.717) is 5.92 Å². The van der Waals surface area contributed by atoms with Gasteiger partial charge in [-0.1, -0.05) is 28.1 Å². The van der Waals surface area contributed by atoms with Crippen molar-refractivity contribution in [2.24, 2.45) is 5.92 Å². The van der Waals surface area contributed by atoms with E-state index in [4.69, 9.17) is 0 Å². The maximum atomic E-state index is 4.67. The van der Waals surface area contributed by atoms with Crippen LogP contribution in [0.15, 0.2) is 28.7 Å². The summed E-state index contributed by atoms with van der Waals surface area (Å²) in [5.74, 6) is 0.583. The summed E-state index contributed by atoms with van der Waals surface area (Å²) in [6.07, 6.45) is 2.13. The molecule has 1 atom stereocenters. The second-order valence-electron chi connectivity index (χ2n) is 5.21. The van der Waals surface area contributed by atoms with E-state index in [1.54, 1.807) is 0 Å². The molecule has 1 heterocycles. The molecule has 0 saturated carbocycles. The molecule has 2 rings (SSSR count). The molecule has 0 fully saturated rings. The minimum atomic E-state index is 0.583. The Morgan fingerprint density at radius 2 is 2.10 bits per heavy atom. The van der Waals surface area contributed by atoms with Gasteiger partial charge in [0.1, 0.15) is 0 Å². The van der Waals surface area contributed by atoms with E-state index in [-0.39, 0.29) is 0 Å². The number of aromatic nitrogens is 1. The highest BCUT2D eigenvalue weighted by molar-refractivity contribution is 9.10. The van der Waals surface area contributed by atoms with Gasteiger partial charge < -0.3 is 5.32 Å². The molecule has 0 radical (unpaired) electrons. The van der Waals surface area contributed by atoms with Crippen molar-refractivity contribution in [1.82, 2.24) is 10.3 Å². The third-order valence-corrected chi connectivity index (χ3v) is 5.03. The van der Waals surface area contributed by atoms with Gasteiger partial charge in [-0.25, -0.2) is 4.98 Å². The zero-order valence-electron chi connectivity index (χ0n) is 12.2. The van der Waals surface area contributed by atoms with Crippen LogP contribution >= 0.6 is 27.3 Å². The van der Waals surface area contributed by atoms with Gasteiger partial charge in [0.05, 0.1) is 10.7 Å². The van der Waals surface area contributed by atoms with E-state index in [2.05, 4.69) is 64.3 Å². The number of hydrogen-bond acceptors (Lipinski definition) is 3. The summed E-state index contributed by atoms with van der Waals surface area (Å²) >= 11 is 5.38. The maximum Gasteiger partial charge on any atom is 0.0934 e. The van der Waals surface area contributed by atoms with Gasteiger partial charge in [-0.3, -0.25) is 0 Å². The summed E-state index contributed by atoms with van der Waals surface area (Å²) in [6, 6.07) is 8.59. The van der Waals surface area contributed by atoms with E-state index >= 15 is 0 Å². The lowest BCUT2D eigenvalue weighted by Gasteiger charge is -2.15. The molecular weight excluding hydrogens is 332 g/mol. The Morgan fingerprint density at radius 1 is 1.30 bits per heavy atom. The average molecular weight is 353 g/mol. The van der Waals surface area contributed by atoms with E-state index in [9.17, 15) is 0 Å². The molecule has 0 aliphatic heterocycles. The maximum absolute atomic E-state index is 4.67. The Morgan fingerprint density at radius 3 is 2.70 bits per heavy atom. The lowest BCUT2D eigenvalue weighted by molar-refractivity contribution is 0.492. The van der Waals surface area contributed by atoms with Crippen LogP contribution in [0.5, 0.6) is 0 Å². The van der Waals surface area contributed by atoms with Crippen LogP contribution in [0.3, 0.4) is 0 Å². The Kier molecular flexibility index (Phi) is 5.75. The molecule has 1 aromatic heterocycles. The fourth-order valence-corrected chi connectivity index (χ4v) is 3.87. The number of benzene rings is 1. The van der Waals surface area contributed by atoms with Crippen molar-refractivity contribution in [3.05, 3.63) is 49.9 Å². The number of thiazole rings is 1. The molecule has 1 N–H and O–H groups in total. The highest BCUT2D eigenvalue weighted by atomic mass is 79.9. The SMILES string of the molecule is CNCC(Cc1cccc(Br)c1)Cc1nc(C)c(C)s1. The summed E-state index contributed by atoms with van der Waals surface area (Å²) in [4.78, 5) is 6.01. The molecule has 108 valence electrons. The average Bonchev–Trinajstić information content (AvgIpc) is 2.68. The predicted molar refractivity (Wildman–Crippen MR) is 90.6 cm³/mol. The van der Waals surface area contributed by atoms with Crippen LogP contribution in [0.25, 0.3) is 0 Å². The first-order chi connectivity index (χ1) is 9.58. The molecule has 0 aliphatic rings. The van der Waals surface area contributed by atoms with E-state index in [0.717, 1.165) is 23.9 Å². The number of hydrogen-bond donors (Lipinski definition) is 1. The van der Waals surface area contributed by atoms with Gasteiger partial charge in [0.25, 0.3) is 0 Å². The van der Waals surface area contributed by atoms with Gasteiger partial charge in [0, 0.05) is 15.8 Å². The normalized spacial score (nSPS) is 12.6. The fourth-order valence-electron chi connectivity index (χ4n) is 2.38. The van der Waals surface area contributed by atoms with Crippen LogP contribution in [-0.4, -0.2) is 18.6 Å². The van der Waals surface area contributed by atoms with Gasteiger partial charge in [0.15, 0.2) is 0 Å². The van der Waals surface area contributed by atoms with E-state index < -0.39 is 0 Å². The molecular formula is C16H21BrN2S. The van der Waals surface area contributed by atoms with Gasteiger partial charge in [-0.15, -0.1) is 11.3 Å². The predicted octanol–water partition coefficient (Wildman–Crippen LogP) is 4.14. The minimum absolute atomic E-state index is 0.583.